The highest BCUT2D eigenvalue weighted by Gasteiger charge is 2.16. The van der Waals surface area contributed by atoms with Crippen LogP contribution in [-0.4, -0.2) is 59.9 Å². The van der Waals surface area contributed by atoms with Crippen LogP contribution in [0.2, 0.25) is 0 Å². The Bertz CT molecular complexity index is 175. The lowest BCUT2D eigenvalue weighted by Crippen LogP contribution is -2.45. The molecule has 0 radical (unpaired) electrons. The van der Waals surface area contributed by atoms with Gasteiger partial charge in [0.1, 0.15) is 0 Å². The van der Waals surface area contributed by atoms with Gasteiger partial charge < -0.3 is 20.4 Å². The molecule has 0 fully saturated rings. The van der Waals surface area contributed by atoms with Gasteiger partial charge in [-0.1, -0.05) is 0 Å². The van der Waals surface area contributed by atoms with Gasteiger partial charge in [-0.25, -0.2) is 0 Å². The summed E-state index contributed by atoms with van der Waals surface area (Å²) >= 11 is 0. The van der Waals surface area contributed by atoms with Crippen LogP contribution in [0.25, 0.3) is 0 Å². The predicted molar refractivity (Wildman–Crippen MR) is 53.9 cm³/mol. The average molecular weight is 204 g/mol. The van der Waals surface area contributed by atoms with Crippen LogP contribution in [0.5, 0.6) is 0 Å². The second-order valence-corrected chi connectivity index (χ2v) is 3.32. The lowest BCUT2D eigenvalue weighted by Gasteiger charge is -2.21. The SMILES string of the molecule is CCN(C)C(=O)C(C)NC[C@H](O)CO. The maximum atomic E-state index is 11.5. The van der Waals surface area contributed by atoms with Crippen molar-refractivity contribution in [2.75, 3.05) is 26.7 Å². The number of carbonyl (C=O) groups is 1. The van der Waals surface area contributed by atoms with Gasteiger partial charge in [0.25, 0.3) is 0 Å². The van der Waals surface area contributed by atoms with Gasteiger partial charge in [0.2, 0.25) is 5.91 Å². The first-order valence-electron chi connectivity index (χ1n) is 4.80. The van der Waals surface area contributed by atoms with Crippen LogP contribution in [0, 0.1) is 0 Å². The summed E-state index contributed by atoms with van der Waals surface area (Å²) in [7, 11) is 1.73. The van der Waals surface area contributed by atoms with E-state index < -0.39 is 6.10 Å². The molecule has 0 aromatic heterocycles. The van der Waals surface area contributed by atoms with E-state index in [1.807, 2.05) is 6.92 Å². The zero-order valence-corrected chi connectivity index (χ0v) is 9.03. The molecule has 0 aliphatic heterocycles. The maximum absolute atomic E-state index is 11.5. The Morgan fingerprint density at radius 1 is 1.57 bits per heavy atom. The first-order chi connectivity index (χ1) is 6.52. The minimum absolute atomic E-state index is 0.0161. The van der Waals surface area contributed by atoms with Crippen LogP contribution in [0.1, 0.15) is 13.8 Å². The third-order valence-electron chi connectivity index (χ3n) is 2.09. The smallest absolute Gasteiger partial charge is 0.239 e. The monoisotopic (exact) mass is 204 g/mol. The van der Waals surface area contributed by atoms with Crippen molar-refractivity contribution in [3.63, 3.8) is 0 Å². The lowest BCUT2D eigenvalue weighted by molar-refractivity contribution is -0.131. The number of amides is 1. The molecular formula is C9H20N2O3. The van der Waals surface area contributed by atoms with E-state index in [1.165, 1.54) is 0 Å². The molecule has 2 atom stereocenters. The van der Waals surface area contributed by atoms with Gasteiger partial charge >= 0.3 is 0 Å². The van der Waals surface area contributed by atoms with E-state index >= 15 is 0 Å². The van der Waals surface area contributed by atoms with E-state index in [0.29, 0.717) is 6.54 Å². The second-order valence-electron chi connectivity index (χ2n) is 3.32. The van der Waals surface area contributed by atoms with Crippen LogP contribution in [0.3, 0.4) is 0 Å². The minimum Gasteiger partial charge on any atom is -0.394 e. The molecule has 0 aliphatic carbocycles. The summed E-state index contributed by atoms with van der Waals surface area (Å²) in [6, 6.07) is -0.332. The van der Waals surface area contributed by atoms with Gasteiger partial charge in [-0.2, -0.15) is 0 Å². The second kappa shape index (κ2) is 6.75. The zero-order chi connectivity index (χ0) is 11.1. The molecular weight excluding hydrogens is 184 g/mol. The average Bonchev–Trinajstić information content (AvgIpc) is 2.22. The van der Waals surface area contributed by atoms with Crippen LogP contribution >= 0.6 is 0 Å². The fraction of sp³-hybridized carbons (Fsp3) is 0.889. The Kier molecular flexibility index (Phi) is 6.44. The van der Waals surface area contributed by atoms with E-state index in [9.17, 15) is 4.79 Å². The van der Waals surface area contributed by atoms with Gasteiger partial charge in [-0.15, -0.1) is 0 Å². The topological polar surface area (TPSA) is 72.8 Å². The van der Waals surface area contributed by atoms with Crippen molar-refractivity contribution in [1.29, 1.82) is 0 Å². The number of aliphatic hydroxyl groups excluding tert-OH is 2. The number of nitrogens with zero attached hydrogens (tertiary/aromatic N) is 1. The van der Waals surface area contributed by atoms with Crippen molar-refractivity contribution in [2.24, 2.45) is 0 Å². The van der Waals surface area contributed by atoms with Crippen molar-refractivity contribution >= 4 is 5.91 Å². The number of hydrogen-bond acceptors (Lipinski definition) is 4. The Labute approximate surface area is 84.7 Å². The molecule has 3 N–H and O–H groups in total. The fourth-order valence-electron chi connectivity index (χ4n) is 0.951. The van der Waals surface area contributed by atoms with E-state index in [4.69, 9.17) is 10.2 Å². The number of aliphatic hydroxyl groups is 2. The zero-order valence-electron chi connectivity index (χ0n) is 9.03. The molecule has 1 unspecified atom stereocenters. The number of rotatable bonds is 6. The molecule has 0 saturated heterocycles. The van der Waals surface area contributed by atoms with E-state index in [0.717, 1.165) is 0 Å². The van der Waals surface area contributed by atoms with Crippen LogP contribution < -0.4 is 5.32 Å². The summed E-state index contributed by atoms with van der Waals surface area (Å²) in [6.07, 6.45) is -0.808. The Morgan fingerprint density at radius 3 is 2.57 bits per heavy atom. The molecule has 0 spiro atoms. The Balaban J connectivity index is 3.84. The number of likely N-dealkylation sites (N-methyl/N-ethyl adjacent to an activating group) is 1. The quantitative estimate of drug-likeness (QED) is 0.508. The van der Waals surface area contributed by atoms with Crippen molar-refractivity contribution < 1.29 is 15.0 Å². The summed E-state index contributed by atoms with van der Waals surface area (Å²) in [5, 5.41) is 20.5. The van der Waals surface area contributed by atoms with Gasteiger partial charge in [0, 0.05) is 20.1 Å². The van der Waals surface area contributed by atoms with Crippen molar-refractivity contribution in [3.8, 4) is 0 Å². The minimum atomic E-state index is -0.808. The van der Waals surface area contributed by atoms with Crippen LogP contribution in [-0.2, 0) is 4.79 Å². The normalized spacial score (nSPS) is 14.9. The highest BCUT2D eigenvalue weighted by molar-refractivity contribution is 5.81. The molecule has 0 heterocycles. The lowest BCUT2D eigenvalue weighted by atomic mass is 10.2. The third kappa shape index (κ3) is 4.55. The number of carbonyl (C=O) groups excluding carboxylic acids is 1. The Hall–Kier alpha value is -0.650. The molecule has 5 heteroatoms. The highest BCUT2D eigenvalue weighted by atomic mass is 16.3. The number of nitrogens with one attached hydrogen (secondary N) is 1. The Morgan fingerprint density at radius 2 is 2.14 bits per heavy atom. The van der Waals surface area contributed by atoms with Gasteiger partial charge in [0.05, 0.1) is 18.8 Å². The van der Waals surface area contributed by atoms with Crippen LogP contribution in [0.4, 0.5) is 0 Å². The first kappa shape index (κ1) is 13.4. The van der Waals surface area contributed by atoms with E-state index in [-0.39, 0.29) is 25.1 Å². The molecule has 0 aromatic rings. The predicted octanol–water partition coefficient (Wildman–Crippen LogP) is -1.20. The molecule has 1 amide bonds. The molecule has 0 rings (SSSR count). The maximum Gasteiger partial charge on any atom is 0.239 e. The fourth-order valence-corrected chi connectivity index (χ4v) is 0.951. The molecule has 0 aliphatic rings. The van der Waals surface area contributed by atoms with E-state index in [1.54, 1.807) is 18.9 Å². The van der Waals surface area contributed by atoms with Crippen molar-refractivity contribution in [2.45, 2.75) is 26.0 Å². The highest BCUT2D eigenvalue weighted by Crippen LogP contribution is 1.91. The first-order valence-corrected chi connectivity index (χ1v) is 4.80. The standard InChI is InChI=1S/C9H20N2O3/c1-4-11(3)9(14)7(2)10-5-8(13)6-12/h7-8,10,12-13H,4-6H2,1-3H3/t7?,8-/m0/s1. The summed E-state index contributed by atoms with van der Waals surface area (Å²) in [4.78, 5) is 13.1. The third-order valence-corrected chi connectivity index (χ3v) is 2.09. The van der Waals surface area contributed by atoms with Gasteiger partial charge in [-0.3, -0.25) is 4.79 Å². The molecule has 0 saturated carbocycles. The summed E-state index contributed by atoms with van der Waals surface area (Å²) < 4.78 is 0. The summed E-state index contributed by atoms with van der Waals surface area (Å²) in [6.45, 7) is 4.22. The molecule has 14 heavy (non-hydrogen) atoms. The van der Waals surface area contributed by atoms with Crippen LogP contribution in [0.15, 0.2) is 0 Å². The van der Waals surface area contributed by atoms with Crippen molar-refractivity contribution in [1.82, 2.24) is 10.2 Å². The molecule has 84 valence electrons. The molecule has 5 nitrogen and oxygen atoms in total. The van der Waals surface area contributed by atoms with Gasteiger partial charge in [0.15, 0.2) is 0 Å². The number of hydrogen-bond donors (Lipinski definition) is 3. The molecule has 0 aromatic carbocycles. The van der Waals surface area contributed by atoms with Crippen molar-refractivity contribution in [3.05, 3.63) is 0 Å². The van der Waals surface area contributed by atoms with E-state index in [2.05, 4.69) is 5.32 Å². The molecule has 0 bridgehead atoms. The largest absolute Gasteiger partial charge is 0.394 e. The van der Waals surface area contributed by atoms with Gasteiger partial charge in [-0.05, 0) is 13.8 Å². The summed E-state index contributed by atoms with van der Waals surface area (Å²) in [5.41, 5.74) is 0. The summed E-state index contributed by atoms with van der Waals surface area (Å²) in [5.74, 6) is -0.0161.